The Morgan fingerprint density at radius 1 is 1.18 bits per heavy atom. The minimum Gasteiger partial charge on any atom is -0.368 e. The highest BCUT2D eigenvalue weighted by molar-refractivity contribution is 9.10. The van der Waals surface area contributed by atoms with E-state index in [1.165, 1.54) is 24.8 Å². The van der Waals surface area contributed by atoms with E-state index < -0.39 is 0 Å². The first-order valence-electron chi connectivity index (χ1n) is 7.77. The van der Waals surface area contributed by atoms with Gasteiger partial charge in [-0.25, -0.2) is 4.98 Å². The zero-order chi connectivity index (χ0) is 15.5. The Hall–Kier alpha value is -1.62. The highest BCUT2D eigenvalue weighted by atomic mass is 79.9. The van der Waals surface area contributed by atoms with E-state index in [1.54, 1.807) is 0 Å². The lowest BCUT2D eigenvalue weighted by Gasteiger charge is -2.32. The summed E-state index contributed by atoms with van der Waals surface area (Å²) in [5, 5.41) is 0. The van der Waals surface area contributed by atoms with Crippen LogP contribution in [0.5, 0.6) is 0 Å². The van der Waals surface area contributed by atoms with Gasteiger partial charge in [-0.3, -0.25) is 0 Å². The van der Waals surface area contributed by atoms with Crippen LogP contribution in [-0.4, -0.2) is 16.5 Å². The Balaban J connectivity index is 2.03. The van der Waals surface area contributed by atoms with Crippen molar-refractivity contribution in [2.75, 3.05) is 17.2 Å². The molecular weight excluding hydrogens is 340 g/mol. The topological polar surface area (TPSA) is 55.0 Å². The number of hydrogen-bond donors (Lipinski definition) is 1. The average Bonchev–Trinajstić information content (AvgIpc) is 2.72. The molecule has 1 fully saturated rings. The Bertz CT molecular complexity index is 639. The van der Waals surface area contributed by atoms with Crippen LogP contribution in [0, 0.1) is 6.92 Å². The van der Waals surface area contributed by atoms with Gasteiger partial charge in [0.1, 0.15) is 5.82 Å². The number of hydrogen-bond acceptors (Lipinski definition) is 4. The monoisotopic (exact) mass is 360 g/mol. The number of nitrogen functional groups attached to an aromatic ring is 1. The third kappa shape index (κ3) is 3.24. The molecule has 0 amide bonds. The first-order chi connectivity index (χ1) is 10.6. The van der Waals surface area contributed by atoms with Crippen LogP contribution < -0.4 is 10.6 Å². The third-order valence-electron chi connectivity index (χ3n) is 4.17. The van der Waals surface area contributed by atoms with Gasteiger partial charge in [-0.05, 0) is 31.4 Å². The number of aryl methyl sites for hydroxylation is 1. The normalized spacial score (nSPS) is 19.0. The summed E-state index contributed by atoms with van der Waals surface area (Å²) in [6.45, 7) is 2.97. The van der Waals surface area contributed by atoms with E-state index in [4.69, 9.17) is 5.73 Å². The van der Waals surface area contributed by atoms with Gasteiger partial charge >= 0.3 is 0 Å². The van der Waals surface area contributed by atoms with Crippen molar-refractivity contribution in [3.63, 3.8) is 0 Å². The second-order valence-electron chi connectivity index (χ2n) is 5.81. The number of rotatable bonds is 2. The standard InChI is InChI=1S/C17H21BrN4/c1-12-11-16(21-17(19)20-12)22-10-6-2-3-9-15(22)13-7-4-5-8-14(13)18/h4-5,7-8,11,15H,2-3,6,9-10H2,1H3,(H2,19,20,21)/t15-/m0/s1. The Labute approximate surface area is 139 Å². The molecule has 4 nitrogen and oxygen atoms in total. The summed E-state index contributed by atoms with van der Waals surface area (Å²) in [5.74, 6) is 1.29. The summed E-state index contributed by atoms with van der Waals surface area (Å²) in [6, 6.07) is 10.8. The number of anilines is 2. The molecule has 0 radical (unpaired) electrons. The Morgan fingerprint density at radius 2 is 2.00 bits per heavy atom. The van der Waals surface area contributed by atoms with Crippen LogP contribution >= 0.6 is 15.9 Å². The van der Waals surface area contributed by atoms with Crippen molar-refractivity contribution in [3.05, 3.63) is 46.1 Å². The molecule has 116 valence electrons. The molecule has 1 atom stereocenters. The van der Waals surface area contributed by atoms with Crippen LogP contribution in [0.15, 0.2) is 34.8 Å². The minimum atomic E-state index is 0.326. The average molecular weight is 361 g/mol. The van der Waals surface area contributed by atoms with Crippen molar-refractivity contribution < 1.29 is 0 Å². The zero-order valence-electron chi connectivity index (χ0n) is 12.8. The summed E-state index contributed by atoms with van der Waals surface area (Å²) in [6.07, 6.45) is 4.81. The van der Waals surface area contributed by atoms with Gasteiger partial charge in [0.25, 0.3) is 0 Å². The van der Waals surface area contributed by atoms with Crippen molar-refractivity contribution in [2.45, 2.75) is 38.6 Å². The fourth-order valence-corrected chi connectivity index (χ4v) is 3.72. The van der Waals surface area contributed by atoms with Gasteiger partial charge in [-0.2, -0.15) is 4.98 Å². The number of nitrogens with two attached hydrogens (primary N) is 1. The molecule has 1 aliphatic heterocycles. The predicted octanol–water partition coefficient (Wildman–Crippen LogP) is 4.25. The molecule has 2 N–H and O–H groups in total. The van der Waals surface area contributed by atoms with Gasteiger partial charge in [-0.15, -0.1) is 0 Å². The molecule has 1 aromatic heterocycles. The SMILES string of the molecule is Cc1cc(N2CCCCC[C@H]2c2ccccc2Br)nc(N)n1. The largest absolute Gasteiger partial charge is 0.368 e. The maximum absolute atomic E-state index is 5.86. The molecule has 5 heteroatoms. The lowest BCUT2D eigenvalue weighted by molar-refractivity contribution is 0.594. The predicted molar refractivity (Wildman–Crippen MR) is 93.9 cm³/mol. The Morgan fingerprint density at radius 3 is 2.77 bits per heavy atom. The molecule has 1 saturated heterocycles. The second kappa shape index (κ2) is 6.65. The molecule has 0 bridgehead atoms. The lowest BCUT2D eigenvalue weighted by Crippen LogP contribution is -2.29. The molecule has 2 aromatic rings. The van der Waals surface area contributed by atoms with Gasteiger partial charge in [0.15, 0.2) is 0 Å². The van der Waals surface area contributed by atoms with Crippen LogP contribution in [0.2, 0.25) is 0 Å². The lowest BCUT2D eigenvalue weighted by atomic mass is 10.0. The molecule has 0 saturated carbocycles. The summed E-state index contributed by atoms with van der Waals surface area (Å²) in [7, 11) is 0. The smallest absolute Gasteiger partial charge is 0.222 e. The van der Waals surface area contributed by atoms with Crippen molar-refractivity contribution in [1.29, 1.82) is 0 Å². The van der Waals surface area contributed by atoms with Crippen LogP contribution in [0.25, 0.3) is 0 Å². The first kappa shape index (κ1) is 15.3. The number of aromatic nitrogens is 2. The van der Waals surface area contributed by atoms with Gasteiger partial charge in [0.05, 0.1) is 6.04 Å². The Kier molecular flexibility index (Phi) is 4.62. The van der Waals surface area contributed by atoms with Crippen molar-refractivity contribution in [1.82, 2.24) is 9.97 Å². The van der Waals surface area contributed by atoms with Crippen molar-refractivity contribution in [3.8, 4) is 0 Å². The molecule has 0 unspecified atom stereocenters. The van der Waals surface area contributed by atoms with Gasteiger partial charge in [-0.1, -0.05) is 47.0 Å². The van der Waals surface area contributed by atoms with Gasteiger partial charge in [0.2, 0.25) is 5.95 Å². The van der Waals surface area contributed by atoms with Crippen LogP contribution in [0.3, 0.4) is 0 Å². The van der Waals surface area contributed by atoms with Crippen LogP contribution in [0.4, 0.5) is 11.8 Å². The van der Waals surface area contributed by atoms with Gasteiger partial charge < -0.3 is 10.6 Å². The maximum atomic E-state index is 5.86. The van der Waals surface area contributed by atoms with E-state index in [1.807, 2.05) is 13.0 Å². The highest BCUT2D eigenvalue weighted by Crippen LogP contribution is 2.36. The fourth-order valence-electron chi connectivity index (χ4n) is 3.17. The van der Waals surface area contributed by atoms with Crippen molar-refractivity contribution >= 4 is 27.7 Å². The van der Waals surface area contributed by atoms with E-state index in [-0.39, 0.29) is 0 Å². The van der Waals surface area contributed by atoms with E-state index in [0.29, 0.717) is 12.0 Å². The molecule has 0 spiro atoms. The first-order valence-corrected chi connectivity index (χ1v) is 8.56. The molecule has 2 heterocycles. The minimum absolute atomic E-state index is 0.326. The number of benzene rings is 1. The molecule has 1 aromatic carbocycles. The number of nitrogens with zero attached hydrogens (tertiary/aromatic N) is 3. The summed E-state index contributed by atoms with van der Waals surface area (Å²) >= 11 is 3.70. The van der Waals surface area contributed by atoms with Gasteiger partial charge in [0, 0.05) is 22.8 Å². The highest BCUT2D eigenvalue weighted by Gasteiger charge is 2.25. The van der Waals surface area contributed by atoms with E-state index in [0.717, 1.165) is 29.0 Å². The van der Waals surface area contributed by atoms with E-state index in [9.17, 15) is 0 Å². The van der Waals surface area contributed by atoms with Crippen molar-refractivity contribution in [2.24, 2.45) is 0 Å². The quantitative estimate of drug-likeness (QED) is 0.869. The van der Waals surface area contributed by atoms with E-state index in [2.05, 4.69) is 55.1 Å². The maximum Gasteiger partial charge on any atom is 0.222 e. The molecular formula is C17H21BrN4. The van der Waals surface area contributed by atoms with Crippen LogP contribution in [-0.2, 0) is 0 Å². The molecule has 3 rings (SSSR count). The molecule has 1 aliphatic rings. The third-order valence-corrected chi connectivity index (χ3v) is 4.89. The summed E-state index contributed by atoms with van der Waals surface area (Å²) in [5.41, 5.74) is 8.09. The fraction of sp³-hybridized carbons (Fsp3) is 0.412. The zero-order valence-corrected chi connectivity index (χ0v) is 14.4. The summed E-state index contributed by atoms with van der Waals surface area (Å²) in [4.78, 5) is 11.1. The molecule has 22 heavy (non-hydrogen) atoms. The van der Waals surface area contributed by atoms with Crippen LogP contribution in [0.1, 0.15) is 43.0 Å². The second-order valence-corrected chi connectivity index (χ2v) is 6.66. The number of halogens is 1. The van der Waals surface area contributed by atoms with E-state index >= 15 is 0 Å². The summed E-state index contributed by atoms with van der Waals surface area (Å²) < 4.78 is 1.16. The molecule has 0 aliphatic carbocycles.